The molecule has 0 aliphatic heterocycles. The smallest absolute Gasteiger partial charge is 0.387 e. The standard InChI is InChI=1S/C32H28F4N6O4S2/c1-15-11-41(31-37-21-7-5-19(45-29(33)34)9-23(21)39-31)25(17(3)27(15)43)13-47-48-14-26-18(4)28(44)16(2)12-42(26)32-38-22-8-6-20(46-30(35)36)10-24(22)40-32/h5-12,29-30H,13-14H2,1-4H3,(H,37,39)(H,38,40). The normalized spacial score (nSPS) is 11.8. The van der Waals surface area contributed by atoms with Gasteiger partial charge in [0.05, 0.1) is 22.1 Å². The summed E-state index contributed by atoms with van der Waals surface area (Å²) >= 11 is 0. The highest BCUT2D eigenvalue weighted by atomic mass is 33.1. The molecule has 10 nitrogen and oxygen atoms in total. The van der Waals surface area contributed by atoms with Crippen LogP contribution in [-0.4, -0.2) is 42.3 Å². The fourth-order valence-electron chi connectivity index (χ4n) is 5.33. The molecule has 16 heteroatoms. The number of pyridine rings is 2. The first-order chi connectivity index (χ1) is 22.9. The van der Waals surface area contributed by atoms with Crippen LogP contribution in [-0.2, 0) is 11.5 Å². The number of nitrogens with zero attached hydrogens (tertiary/aromatic N) is 4. The number of alkyl halides is 4. The van der Waals surface area contributed by atoms with Crippen molar-refractivity contribution in [2.75, 3.05) is 0 Å². The average molecular weight is 701 g/mol. The van der Waals surface area contributed by atoms with Crippen molar-refractivity contribution in [2.45, 2.75) is 52.4 Å². The number of hydrogen-bond donors (Lipinski definition) is 2. The fourth-order valence-corrected chi connectivity index (χ4v) is 7.61. The van der Waals surface area contributed by atoms with Gasteiger partial charge in [0.1, 0.15) is 11.5 Å². The topological polar surface area (TPSA) is 120 Å². The number of hydrogen-bond acceptors (Lipinski definition) is 8. The molecule has 48 heavy (non-hydrogen) atoms. The summed E-state index contributed by atoms with van der Waals surface area (Å²) in [6.45, 7) is 0.972. The summed E-state index contributed by atoms with van der Waals surface area (Å²) in [5.41, 5.74) is 5.28. The molecule has 0 aliphatic rings. The van der Waals surface area contributed by atoms with E-state index in [9.17, 15) is 27.2 Å². The number of aromatic nitrogens is 6. The Morgan fingerprint density at radius 1 is 0.688 bits per heavy atom. The Labute approximate surface area is 277 Å². The number of aromatic amines is 2. The number of nitrogens with one attached hydrogen (secondary N) is 2. The van der Waals surface area contributed by atoms with E-state index in [-0.39, 0.29) is 22.4 Å². The van der Waals surface area contributed by atoms with Crippen molar-refractivity contribution in [3.63, 3.8) is 0 Å². The van der Waals surface area contributed by atoms with E-state index in [2.05, 4.69) is 29.4 Å². The third kappa shape index (κ3) is 6.67. The molecule has 0 bridgehead atoms. The second-order valence-electron chi connectivity index (χ2n) is 10.9. The van der Waals surface area contributed by atoms with Crippen LogP contribution in [0.15, 0.2) is 58.4 Å². The summed E-state index contributed by atoms with van der Waals surface area (Å²) in [7, 11) is 2.94. The number of rotatable bonds is 11. The molecule has 6 rings (SSSR count). The lowest BCUT2D eigenvalue weighted by Crippen LogP contribution is -2.19. The molecule has 0 saturated heterocycles. The third-order valence-corrected chi connectivity index (χ3v) is 9.91. The largest absolute Gasteiger partial charge is 0.435 e. The zero-order valence-electron chi connectivity index (χ0n) is 25.9. The van der Waals surface area contributed by atoms with Gasteiger partial charge in [0.25, 0.3) is 0 Å². The Balaban J connectivity index is 1.27. The van der Waals surface area contributed by atoms with E-state index in [0.29, 0.717) is 79.1 Å². The Kier molecular flexibility index (Phi) is 9.29. The van der Waals surface area contributed by atoms with E-state index in [1.165, 1.54) is 45.9 Å². The minimum atomic E-state index is -2.96. The first kappa shape index (κ1) is 33.2. The number of aryl methyl sites for hydroxylation is 2. The molecule has 4 heterocycles. The van der Waals surface area contributed by atoms with Gasteiger partial charge in [-0.2, -0.15) is 17.6 Å². The molecule has 0 unspecified atom stereocenters. The van der Waals surface area contributed by atoms with Crippen LogP contribution in [0.2, 0.25) is 0 Å². The van der Waals surface area contributed by atoms with Crippen molar-refractivity contribution in [2.24, 2.45) is 0 Å². The van der Waals surface area contributed by atoms with Gasteiger partial charge in [0.2, 0.25) is 11.9 Å². The molecule has 2 N–H and O–H groups in total. The molecule has 4 aromatic heterocycles. The van der Waals surface area contributed by atoms with Gasteiger partial charge in [-0.05, 0) is 52.0 Å². The van der Waals surface area contributed by atoms with E-state index in [1.807, 2.05) is 0 Å². The minimum Gasteiger partial charge on any atom is -0.435 e. The van der Waals surface area contributed by atoms with Crippen molar-refractivity contribution in [3.8, 4) is 23.4 Å². The van der Waals surface area contributed by atoms with Crippen LogP contribution in [0.25, 0.3) is 34.0 Å². The fraction of sp³-hybridized carbons (Fsp3) is 0.250. The van der Waals surface area contributed by atoms with Gasteiger partial charge in [-0.1, -0.05) is 21.6 Å². The van der Waals surface area contributed by atoms with Crippen LogP contribution < -0.4 is 20.3 Å². The lowest BCUT2D eigenvalue weighted by Gasteiger charge is -2.16. The lowest BCUT2D eigenvalue weighted by molar-refractivity contribution is -0.0504. The second kappa shape index (κ2) is 13.4. The second-order valence-corrected chi connectivity index (χ2v) is 13.4. The molecular formula is C32H28F4N6O4S2. The molecule has 0 amide bonds. The highest BCUT2D eigenvalue weighted by Crippen LogP contribution is 2.33. The Morgan fingerprint density at radius 3 is 1.46 bits per heavy atom. The molecular weight excluding hydrogens is 673 g/mol. The molecule has 0 atom stereocenters. The highest BCUT2D eigenvalue weighted by molar-refractivity contribution is 8.76. The van der Waals surface area contributed by atoms with E-state index in [0.717, 1.165) is 0 Å². The molecule has 0 radical (unpaired) electrons. The zero-order chi connectivity index (χ0) is 34.3. The predicted molar refractivity (Wildman–Crippen MR) is 178 cm³/mol. The van der Waals surface area contributed by atoms with Crippen LogP contribution in [0.4, 0.5) is 17.6 Å². The van der Waals surface area contributed by atoms with Crippen molar-refractivity contribution < 1.29 is 27.0 Å². The summed E-state index contributed by atoms with van der Waals surface area (Å²) in [5.74, 6) is 1.56. The maximum absolute atomic E-state index is 13.0. The quantitative estimate of drug-likeness (QED) is 0.0824. The first-order valence-electron chi connectivity index (χ1n) is 14.5. The molecule has 0 fully saturated rings. The monoisotopic (exact) mass is 700 g/mol. The molecule has 250 valence electrons. The maximum Gasteiger partial charge on any atom is 0.387 e. The van der Waals surface area contributed by atoms with E-state index < -0.39 is 13.2 Å². The summed E-state index contributed by atoms with van der Waals surface area (Å²) in [6.07, 6.45) is 3.37. The van der Waals surface area contributed by atoms with Crippen molar-refractivity contribution in [3.05, 3.63) is 103 Å². The van der Waals surface area contributed by atoms with Crippen LogP contribution in [0.3, 0.4) is 0 Å². The van der Waals surface area contributed by atoms with E-state index in [1.54, 1.807) is 61.4 Å². The van der Waals surface area contributed by atoms with Crippen LogP contribution in [0.5, 0.6) is 11.5 Å². The summed E-state index contributed by atoms with van der Waals surface area (Å²) < 4.78 is 63.6. The van der Waals surface area contributed by atoms with E-state index in [4.69, 9.17) is 0 Å². The van der Waals surface area contributed by atoms with Gasteiger partial charge in [-0.15, -0.1) is 0 Å². The molecule has 0 aliphatic carbocycles. The number of fused-ring (bicyclic) bond motifs is 2. The van der Waals surface area contributed by atoms with Gasteiger partial charge in [-0.25, -0.2) is 9.97 Å². The predicted octanol–water partition coefficient (Wildman–Crippen LogP) is 7.26. The maximum atomic E-state index is 13.0. The Morgan fingerprint density at radius 2 is 1.08 bits per heavy atom. The number of ether oxygens (including phenoxy) is 2. The van der Waals surface area contributed by atoms with Gasteiger partial charge in [0.15, 0.2) is 10.9 Å². The molecule has 6 aromatic rings. The molecule has 0 spiro atoms. The van der Waals surface area contributed by atoms with Crippen LogP contribution in [0.1, 0.15) is 33.6 Å². The van der Waals surface area contributed by atoms with Crippen LogP contribution in [0, 0.1) is 27.7 Å². The van der Waals surface area contributed by atoms with Crippen molar-refractivity contribution in [1.82, 2.24) is 29.1 Å². The van der Waals surface area contributed by atoms with E-state index >= 15 is 0 Å². The van der Waals surface area contributed by atoms with Gasteiger partial charge < -0.3 is 19.4 Å². The van der Waals surface area contributed by atoms with Gasteiger partial charge in [0, 0.05) is 69.7 Å². The number of H-pyrrole nitrogens is 2. The lowest BCUT2D eigenvalue weighted by atomic mass is 10.1. The van der Waals surface area contributed by atoms with Crippen LogP contribution >= 0.6 is 21.6 Å². The van der Waals surface area contributed by atoms with Gasteiger partial charge >= 0.3 is 13.2 Å². The molecule has 0 saturated carbocycles. The minimum absolute atomic E-state index is 0.00910. The Bertz CT molecular complexity index is 2120. The zero-order valence-corrected chi connectivity index (χ0v) is 27.6. The average Bonchev–Trinajstić information content (AvgIpc) is 3.65. The number of benzene rings is 2. The van der Waals surface area contributed by atoms with Crippen molar-refractivity contribution >= 4 is 43.7 Å². The first-order valence-corrected chi connectivity index (χ1v) is 17.0. The Hall–Kier alpha value is -4.70. The molecule has 2 aromatic carbocycles. The summed E-state index contributed by atoms with van der Waals surface area (Å²) in [4.78, 5) is 41.4. The third-order valence-electron chi connectivity index (χ3n) is 7.75. The van der Waals surface area contributed by atoms with Gasteiger partial charge in [-0.3, -0.25) is 18.7 Å². The highest BCUT2D eigenvalue weighted by Gasteiger charge is 2.18. The van der Waals surface area contributed by atoms with Crippen molar-refractivity contribution in [1.29, 1.82) is 0 Å². The number of imidazole rings is 2. The summed E-state index contributed by atoms with van der Waals surface area (Å²) in [6, 6.07) is 8.83. The summed E-state index contributed by atoms with van der Waals surface area (Å²) in [5, 5.41) is 0. The number of halogens is 4. The SMILES string of the molecule is Cc1cn(-c2nc3ccc(OC(F)F)cc3[nH]2)c(CSSCc2c(C)c(=O)c(C)cn2-c2nc3ccc(OC(F)F)cc3[nH]2)c(C)c1=O.